The molecule has 0 unspecified atom stereocenters. The van der Waals surface area contributed by atoms with Crippen LogP contribution in [-0.4, -0.2) is 17.9 Å². The zero-order chi connectivity index (χ0) is 16.6. The third kappa shape index (κ3) is 2.61. The van der Waals surface area contributed by atoms with E-state index in [-0.39, 0.29) is 17.7 Å². The zero-order valence-corrected chi connectivity index (χ0v) is 13.2. The van der Waals surface area contributed by atoms with Gasteiger partial charge in [-0.3, -0.25) is 9.59 Å². The van der Waals surface area contributed by atoms with Crippen molar-refractivity contribution in [2.75, 3.05) is 0 Å². The average molecular weight is 308 g/mol. The summed E-state index contributed by atoms with van der Waals surface area (Å²) in [5, 5.41) is 2.83. The van der Waals surface area contributed by atoms with Gasteiger partial charge in [-0.05, 0) is 22.3 Å². The van der Waals surface area contributed by atoms with Gasteiger partial charge in [0.25, 0.3) is 0 Å². The average Bonchev–Trinajstić information content (AvgIpc) is 2.86. The lowest BCUT2D eigenvalue weighted by atomic mass is 9.88. The predicted molar refractivity (Wildman–Crippen MR) is 89.7 cm³/mol. The number of carbonyl (C=O) groups is 2. The summed E-state index contributed by atoms with van der Waals surface area (Å²) in [6.07, 6.45) is 0. The number of amides is 2. The molecule has 0 fully saturated rings. The van der Waals surface area contributed by atoms with Crippen molar-refractivity contribution in [1.82, 2.24) is 5.32 Å². The van der Waals surface area contributed by atoms with Crippen LogP contribution >= 0.6 is 0 Å². The molecule has 1 atom stereocenters. The quantitative estimate of drug-likeness (QED) is 0.910. The number of fused-ring (bicyclic) bond motifs is 3. The first-order chi connectivity index (χ1) is 11.0. The minimum Gasteiger partial charge on any atom is -0.368 e. The van der Waals surface area contributed by atoms with Crippen LogP contribution in [0.15, 0.2) is 48.5 Å². The van der Waals surface area contributed by atoms with Crippen LogP contribution in [0.2, 0.25) is 0 Å². The maximum Gasteiger partial charge on any atom is 0.240 e. The third-order valence-corrected chi connectivity index (χ3v) is 4.34. The Balaban J connectivity index is 2.09. The topological polar surface area (TPSA) is 72.2 Å². The predicted octanol–water partition coefficient (Wildman–Crippen LogP) is 2.42. The molecule has 118 valence electrons. The van der Waals surface area contributed by atoms with E-state index in [0.717, 1.165) is 22.3 Å². The summed E-state index contributed by atoms with van der Waals surface area (Å²) < 4.78 is 0. The van der Waals surface area contributed by atoms with Gasteiger partial charge in [0.1, 0.15) is 6.04 Å². The first kappa shape index (κ1) is 15.3. The van der Waals surface area contributed by atoms with Crippen LogP contribution in [0.3, 0.4) is 0 Å². The lowest BCUT2D eigenvalue weighted by Crippen LogP contribution is -2.49. The summed E-state index contributed by atoms with van der Waals surface area (Å²) in [6.45, 7) is 3.59. The van der Waals surface area contributed by atoms with Crippen molar-refractivity contribution in [2.45, 2.75) is 25.8 Å². The molecule has 0 spiro atoms. The molecule has 3 rings (SSSR count). The van der Waals surface area contributed by atoms with Crippen molar-refractivity contribution in [3.63, 3.8) is 0 Å². The van der Waals surface area contributed by atoms with Crippen molar-refractivity contribution in [1.29, 1.82) is 0 Å². The Bertz CT molecular complexity index is 722. The number of nitrogens with two attached hydrogens (primary N) is 1. The van der Waals surface area contributed by atoms with Crippen molar-refractivity contribution in [3.8, 4) is 11.1 Å². The van der Waals surface area contributed by atoms with Crippen LogP contribution < -0.4 is 11.1 Å². The Labute approximate surface area is 135 Å². The summed E-state index contributed by atoms with van der Waals surface area (Å²) in [5.41, 5.74) is 9.88. The number of hydrogen-bond acceptors (Lipinski definition) is 2. The molecule has 23 heavy (non-hydrogen) atoms. The summed E-state index contributed by atoms with van der Waals surface area (Å²) >= 11 is 0. The molecule has 0 heterocycles. The van der Waals surface area contributed by atoms with E-state index in [9.17, 15) is 9.59 Å². The maximum atomic E-state index is 12.1. The SMILES string of the molecule is CC(C)C(=O)N[C@H](C(N)=O)C1c2ccccc2-c2ccccc21. The molecule has 0 aromatic heterocycles. The second kappa shape index (κ2) is 5.88. The molecule has 4 heteroatoms. The van der Waals surface area contributed by atoms with Crippen molar-refractivity contribution < 1.29 is 9.59 Å². The second-order valence-corrected chi connectivity index (χ2v) is 6.20. The van der Waals surface area contributed by atoms with Gasteiger partial charge in [-0.15, -0.1) is 0 Å². The molecule has 2 aromatic rings. The van der Waals surface area contributed by atoms with Crippen LogP contribution in [0.4, 0.5) is 0 Å². The van der Waals surface area contributed by atoms with E-state index in [1.807, 2.05) is 48.5 Å². The monoisotopic (exact) mass is 308 g/mol. The zero-order valence-electron chi connectivity index (χ0n) is 13.2. The van der Waals surface area contributed by atoms with E-state index in [0.29, 0.717) is 0 Å². The number of primary amides is 1. The minimum absolute atomic E-state index is 0.171. The molecular formula is C19H20N2O2. The van der Waals surface area contributed by atoms with Gasteiger partial charge in [0.05, 0.1) is 0 Å². The van der Waals surface area contributed by atoms with Gasteiger partial charge in [-0.25, -0.2) is 0 Å². The van der Waals surface area contributed by atoms with Crippen molar-refractivity contribution in [2.24, 2.45) is 11.7 Å². The first-order valence-corrected chi connectivity index (χ1v) is 7.78. The van der Waals surface area contributed by atoms with Gasteiger partial charge in [-0.2, -0.15) is 0 Å². The van der Waals surface area contributed by atoms with Crippen LogP contribution in [0, 0.1) is 5.92 Å². The highest BCUT2D eigenvalue weighted by atomic mass is 16.2. The van der Waals surface area contributed by atoms with Gasteiger partial charge >= 0.3 is 0 Å². The van der Waals surface area contributed by atoms with E-state index >= 15 is 0 Å². The molecular weight excluding hydrogens is 288 g/mol. The number of carbonyl (C=O) groups excluding carboxylic acids is 2. The summed E-state index contributed by atoms with van der Waals surface area (Å²) in [4.78, 5) is 24.2. The molecule has 0 bridgehead atoms. The van der Waals surface area contributed by atoms with E-state index in [2.05, 4.69) is 5.32 Å². The van der Waals surface area contributed by atoms with E-state index in [1.54, 1.807) is 13.8 Å². The molecule has 0 saturated carbocycles. The van der Waals surface area contributed by atoms with Crippen LogP contribution in [0.25, 0.3) is 11.1 Å². The summed E-state index contributed by atoms with van der Waals surface area (Å²) in [5.74, 6) is -1.14. The molecule has 1 aliphatic carbocycles. The summed E-state index contributed by atoms with van der Waals surface area (Å²) in [6, 6.07) is 15.2. The third-order valence-electron chi connectivity index (χ3n) is 4.34. The van der Waals surface area contributed by atoms with E-state index in [1.165, 1.54) is 0 Å². The number of benzene rings is 2. The lowest BCUT2D eigenvalue weighted by Gasteiger charge is -2.24. The Morgan fingerprint density at radius 1 is 0.957 bits per heavy atom. The molecule has 2 aromatic carbocycles. The fourth-order valence-corrected chi connectivity index (χ4v) is 3.19. The lowest BCUT2D eigenvalue weighted by molar-refractivity contribution is -0.129. The van der Waals surface area contributed by atoms with Gasteiger partial charge < -0.3 is 11.1 Å². The highest BCUT2D eigenvalue weighted by Gasteiger charge is 2.37. The molecule has 0 aliphatic heterocycles. The Kier molecular flexibility index (Phi) is 3.90. The first-order valence-electron chi connectivity index (χ1n) is 7.78. The Hall–Kier alpha value is -2.62. The van der Waals surface area contributed by atoms with Gasteiger partial charge in [0.2, 0.25) is 11.8 Å². The molecule has 1 aliphatic rings. The highest BCUT2D eigenvalue weighted by Crippen LogP contribution is 2.46. The second-order valence-electron chi connectivity index (χ2n) is 6.20. The maximum absolute atomic E-state index is 12.1. The number of hydrogen-bond donors (Lipinski definition) is 2. The highest BCUT2D eigenvalue weighted by molar-refractivity contribution is 5.91. The standard InChI is InChI=1S/C19H20N2O2/c1-11(2)19(23)21-17(18(20)22)16-14-9-5-3-7-12(14)13-8-4-6-10-15(13)16/h3-11,16-17H,1-2H3,(H2,20,22)(H,21,23)/t17-/m0/s1. The minimum atomic E-state index is -0.755. The van der Waals surface area contributed by atoms with E-state index in [4.69, 9.17) is 5.73 Å². The number of nitrogens with one attached hydrogen (secondary N) is 1. The van der Waals surface area contributed by atoms with Crippen LogP contribution in [0.5, 0.6) is 0 Å². The molecule has 4 nitrogen and oxygen atoms in total. The van der Waals surface area contributed by atoms with Crippen LogP contribution in [-0.2, 0) is 9.59 Å². The van der Waals surface area contributed by atoms with E-state index < -0.39 is 11.9 Å². The van der Waals surface area contributed by atoms with Crippen LogP contribution in [0.1, 0.15) is 30.9 Å². The largest absolute Gasteiger partial charge is 0.368 e. The molecule has 2 amide bonds. The smallest absolute Gasteiger partial charge is 0.240 e. The molecule has 0 saturated heterocycles. The summed E-state index contributed by atoms with van der Waals surface area (Å²) in [7, 11) is 0. The Morgan fingerprint density at radius 3 is 1.87 bits per heavy atom. The van der Waals surface area contributed by atoms with Crippen molar-refractivity contribution in [3.05, 3.63) is 59.7 Å². The molecule has 3 N–H and O–H groups in total. The fraction of sp³-hybridized carbons (Fsp3) is 0.263. The van der Waals surface area contributed by atoms with Gasteiger partial charge in [0.15, 0.2) is 0 Å². The van der Waals surface area contributed by atoms with Gasteiger partial charge in [0, 0.05) is 11.8 Å². The fourth-order valence-electron chi connectivity index (χ4n) is 3.19. The Morgan fingerprint density at radius 2 is 1.43 bits per heavy atom. The molecule has 0 radical (unpaired) electrons. The normalized spacial score (nSPS) is 14.2. The van der Waals surface area contributed by atoms with Gasteiger partial charge in [-0.1, -0.05) is 62.4 Å². The van der Waals surface area contributed by atoms with Crippen molar-refractivity contribution >= 4 is 11.8 Å². The number of rotatable bonds is 4.